The van der Waals surface area contributed by atoms with E-state index in [1.807, 2.05) is 27.1 Å². The lowest BCUT2D eigenvalue weighted by atomic mass is 9.97. The summed E-state index contributed by atoms with van der Waals surface area (Å²) in [6.45, 7) is 3.90. The van der Waals surface area contributed by atoms with Crippen molar-refractivity contribution >= 4 is 33.5 Å². The largest absolute Gasteiger partial charge is 0.378 e. The zero-order chi connectivity index (χ0) is 19.1. The van der Waals surface area contributed by atoms with Crippen molar-refractivity contribution in [3.8, 4) is 0 Å². The molecule has 0 amide bonds. The van der Waals surface area contributed by atoms with Crippen LogP contribution < -0.4 is 10.5 Å². The first-order valence-electron chi connectivity index (χ1n) is 9.32. The van der Waals surface area contributed by atoms with E-state index in [1.54, 1.807) is 17.6 Å². The maximum atomic E-state index is 13.1. The number of rotatable bonds is 3. The van der Waals surface area contributed by atoms with E-state index < -0.39 is 0 Å². The highest BCUT2D eigenvalue weighted by atomic mass is 32.1. The van der Waals surface area contributed by atoms with E-state index in [2.05, 4.69) is 34.0 Å². The third-order valence-corrected chi connectivity index (χ3v) is 6.40. The fourth-order valence-corrected chi connectivity index (χ4v) is 4.93. The summed E-state index contributed by atoms with van der Waals surface area (Å²) >= 11 is 1.68. The molecule has 1 aliphatic carbocycles. The molecule has 0 saturated heterocycles. The standard InChI is InChI=1S/C21H24N4OS/c1-13-11-16(24(3)4)10-9-15(13)12-22-25-14(2)23-20-19(21(25)26)17-7-5-6-8-18(17)27-20/h9-12H,5-8H2,1-4H3/b22-12+. The molecule has 0 spiro atoms. The SMILES string of the molecule is Cc1cc(N(C)C)ccc1/C=N/n1c(C)nc2sc3c(c2c1=O)CCCC3. The lowest BCUT2D eigenvalue weighted by Crippen LogP contribution is -2.21. The summed E-state index contributed by atoms with van der Waals surface area (Å²) in [4.78, 5) is 22.1. The van der Waals surface area contributed by atoms with Gasteiger partial charge in [0.15, 0.2) is 0 Å². The zero-order valence-electron chi connectivity index (χ0n) is 16.2. The van der Waals surface area contributed by atoms with Crippen LogP contribution in [0.15, 0.2) is 28.1 Å². The molecule has 27 heavy (non-hydrogen) atoms. The second kappa shape index (κ2) is 6.93. The smallest absolute Gasteiger partial charge is 0.283 e. The van der Waals surface area contributed by atoms with Gasteiger partial charge in [-0.15, -0.1) is 11.3 Å². The molecule has 5 nitrogen and oxygen atoms in total. The maximum absolute atomic E-state index is 13.1. The summed E-state index contributed by atoms with van der Waals surface area (Å²) in [5, 5.41) is 5.27. The number of aryl methyl sites for hydroxylation is 4. The van der Waals surface area contributed by atoms with Gasteiger partial charge in [0, 0.05) is 24.7 Å². The van der Waals surface area contributed by atoms with Crippen LogP contribution in [0.4, 0.5) is 5.69 Å². The minimum Gasteiger partial charge on any atom is -0.378 e. The van der Waals surface area contributed by atoms with Gasteiger partial charge in [-0.2, -0.15) is 9.78 Å². The van der Waals surface area contributed by atoms with Gasteiger partial charge in [0.05, 0.1) is 11.6 Å². The maximum Gasteiger partial charge on any atom is 0.283 e. The average molecular weight is 381 g/mol. The Morgan fingerprint density at radius 3 is 2.74 bits per heavy atom. The fourth-order valence-electron chi connectivity index (χ4n) is 3.64. The first kappa shape index (κ1) is 17.9. The van der Waals surface area contributed by atoms with Crippen LogP contribution >= 0.6 is 11.3 Å². The van der Waals surface area contributed by atoms with Gasteiger partial charge < -0.3 is 4.90 Å². The highest BCUT2D eigenvalue weighted by Crippen LogP contribution is 2.33. The Hall–Kier alpha value is -2.47. The van der Waals surface area contributed by atoms with Gasteiger partial charge in [0.25, 0.3) is 5.56 Å². The van der Waals surface area contributed by atoms with E-state index in [-0.39, 0.29) is 5.56 Å². The van der Waals surface area contributed by atoms with Crippen LogP contribution in [0.3, 0.4) is 0 Å². The number of hydrogen-bond acceptors (Lipinski definition) is 5. The minimum atomic E-state index is -0.0456. The van der Waals surface area contributed by atoms with Gasteiger partial charge in [-0.25, -0.2) is 4.98 Å². The molecule has 1 aromatic carbocycles. The second-order valence-electron chi connectivity index (χ2n) is 7.35. The van der Waals surface area contributed by atoms with E-state index >= 15 is 0 Å². The third-order valence-electron chi connectivity index (χ3n) is 5.21. The van der Waals surface area contributed by atoms with Crippen molar-refractivity contribution in [2.24, 2.45) is 5.10 Å². The lowest BCUT2D eigenvalue weighted by Gasteiger charge is -2.13. The molecule has 0 radical (unpaired) electrons. The molecular weight excluding hydrogens is 356 g/mol. The summed E-state index contributed by atoms with van der Waals surface area (Å²) in [5.41, 5.74) is 4.42. The van der Waals surface area contributed by atoms with E-state index in [4.69, 9.17) is 0 Å². The van der Waals surface area contributed by atoms with Gasteiger partial charge in [0.2, 0.25) is 0 Å². The molecule has 6 heteroatoms. The first-order valence-corrected chi connectivity index (χ1v) is 10.1. The molecule has 4 rings (SSSR count). The summed E-state index contributed by atoms with van der Waals surface area (Å²) in [6.07, 6.45) is 6.15. The monoisotopic (exact) mass is 380 g/mol. The zero-order valence-corrected chi connectivity index (χ0v) is 17.1. The highest BCUT2D eigenvalue weighted by molar-refractivity contribution is 7.18. The number of thiophene rings is 1. The van der Waals surface area contributed by atoms with Crippen molar-refractivity contribution in [3.05, 3.63) is 55.9 Å². The van der Waals surface area contributed by atoms with Crippen LogP contribution in [0.25, 0.3) is 10.2 Å². The Labute approximate surface area is 163 Å². The Morgan fingerprint density at radius 2 is 2.00 bits per heavy atom. The molecule has 0 fully saturated rings. The van der Waals surface area contributed by atoms with E-state index in [0.717, 1.165) is 46.3 Å². The third kappa shape index (κ3) is 3.18. The Kier molecular flexibility index (Phi) is 4.60. The topological polar surface area (TPSA) is 50.5 Å². The van der Waals surface area contributed by atoms with Gasteiger partial charge >= 0.3 is 0 Å². The Balaban J connectivity index is 1.78. The van der Waals surface area contributed by atoms with Crippen LogP contribution in [0.1, 0.15) is 40.2 Å². The van der Waals surface area contributed by atoms with Crippen molar-refractivity contribution in [1.29, 1.82) is 0 Å². The minimum absolute atomic E-state index is 0.0456. The molecule has 3 aromatic rings. The summed E-state index contributed by atoms with van der Waals surface area (Å²) < 4.78 is 1.45. The summed E-state index contributed by atoms with van der Waals surface area (Å²) in [6, 6.07) is 6.21. The second-order valence-corrected chi connectivity index (χ2v) is 8.43. The fraction of sp³-hybridized carbons (Fsp3) is 0.381. The normalized spacial score (nSPS) is 14.1. The summed E-state index contributed by atoms with van der Waals surface area (Å²) in [5.74, 6) is 0.630. The van der Waals surface area contributed by atoms with Crippen molar-refractivity contribution in [1.82, 2.24) is 9.66 Å². The van der Waals surface area contributed by atoms with Gasteiger partial charge in [-0.05, 0) is 68.4 Å². The van der Waals surface area contributed by atoms with Crippen molar-refractivity contribution in [2.75, 3.05) is 19.0 Å². The molecule has 0 aliphatic heterocycles. The molecule has 0 atom stereocenters. The van der Waals surface area contributed by atoms with Crippen molar-refractivity contribution < 1.29 is 0 Å². The number of nitrogens with zero attached hydrogens (tertiary/aromatic N) is 4. The number of aromatic nitrogens is 2. The highest BCUT2D eigenvalue weighted by Gasteiger charge is 2.21. The average Bonchev–Trinajstić information content (AvgIpc) is 3.00. The van der Waals surface area contributed by atoms with Crippen LogP contribution in [0.5, 0.6) is 0 Å². The predicted molar refractivity (Wildman–Crippen MR) is 114 cm³/mol. The Bertz CT molecular complexity index is 1110. The van der Waals surface area contributed by atoms with Gasteiger partial charge in [-0.3, -0.25) is 4.79 Å². The molecule has 140 valence electrons. The number of fused-ring (bicyclic) bond motifs is 3. The van der Waals surface area contributed by atoms with Crippen molar-refractivity contribution in [2.45, 2.75) is 39.5 Å². The van der Waals surface area contributed by atoms with E-state index in [9.17, 15) is 4.79 Å². The quantitative estimate of drug-likeness (QED) is 0.648. The molecule has 0 bridgehead atoms. The Morgan fingerprint density at radius 1 is 1.22 bits per heavy atom. The van der Waals surface area contributed by atoms with E-state index in [0.29, 0.717) is 5.82 Å². The number of hydrogen-bond donors (Lipinski definition) is 0. The number of anilines is 1. The number of benzene rings is 1. The molecule has 2 aromatic heterocycles. The molecule has 0 unspecified atom stereocenters. The van der Waals surface area contributed by atoms with E-state index in [1.165, 1.54) is 21.5 Å². The lowest BCUT2D eigenvalue weighted by molar-refractivity contribution is 0.698. The molecule has 0 saturated carbocycles. The molecule has 2 heterocycles. The molecule has 0 N–H and O–H groups in total. The first-order chi connectivity index (χ1) is 13.0. The van der Waals surface area contributed by atoms with Crippen LogP contribution in [0, 0.1) is 13.8 Å². The predicted octanol–water partition coefficient (Wildman–Crippen LogP) is 3.90. The summed E-state index contributed by atoms with van der Waals surface area (Å²) in [7, 11) is 4.04. The van der Waals surface area contributed by atoms with Crippen LogP contribution in [-0.2, 0) is 12.8 Å². The molecule has 1 aliphatic rings. The van der Waals surface area contributed by atoms with Crippen LogP contribution in [-0.4, -0.2) is 30.0 Å². The van der Waals surface area contributed by atoms with Gasteiger partial charge in [0.1, 0.15) is 10.7 Å². The van der Waals surface area contributed by atoms with Crippen molar-refractivity contribution in [3.63, 3.8) is 0 Å². The molecular formula is C21H24N4OS. The van der Waals surface area contributed by atoms with Gasteiger partial charge in [-0.1, -0.05) is 6.07 Å². The van der Waals surface area contributed by atoms with Crippen LogP contribution in [0.2, 0.25) is 0 Å².